The van der Waals surface area contributed by atoms with Gasteiger partial charge in [0.05, 0.1) is 19.8 Å². The van der Waals surface area contributed by atoms with Gasteiger partial charge in [0, 0.05) is 18.4 Å². The molecule has 0 aliphatic rings. The van der Waals surface area contributed by atoms with Crippen LogP contribution in [0.2, 0.25) is 18.1 Å². The molecule has 1 aromatic carbocycles. The Morgan fingerprint density at radius 3 is 2.21 bits per heavy atom. The molecule has 158 valence electrons. The number of ether oxygens (including phenoxy) is 2. The van der Waals surface area contributed by atoms with E-state index in [0.29, 0.717) is 6.61 Å². The van der Waals surface area contributed by atoms with Crippen molar-refractivity contribution in [2.45, 2.75) is 65.5 Å². The van der Waals surface area contributed by atoms with Gasteiger partial charge in [0.15, 0.2) is 8.32 Å². The van der Waals surface area contributed by atoms with Crippen LogP contribution in [0.4, 0.5) is 0 Å². The number of hydrogen-bond donors (Lipinski definition) is 0. The van der Waals surface area contributed by atoms with Crippen LogP contribution in [0.5, 0.6) is 5.75 Å². The summed E-state index contributed by atoms with van der Waals surface area (Å²) in [4.78, 5) is 0. The van der Waals surface area contributed by atoms with E-state index in [-0.39, 0.29) is 23.0 Å². The Kier molecular flexibility index (Phi) is 9.68. The SMILES string of the molecule is C=CC=C[C@H](C)[C@H](OCc1ccc(OC)cc1)[C@@H](C)CO[Si](C)(C)C(C)(C)C. The van der Waals surface area contributed by atoms with E-state index < -0.39 is 8.32 Å². The molecule has 0 N–H and O–H groups in total. The molecule has 0 amide bonds. The minimum atomic E-state index is -1.77. The van der Waals surface area contributed by atoms with E-state index in [9.17, 15) is 0 Å². The Hall–Kier alpha value is -1.36. The molecule has 3 atom stereocenters. The van der Waals surface area contributed by atoms with Crippen molar-refractivity contribution >= 4 is 8.32 Å². The smallest absolute Gasteiger partial charge is 0.191 e. The maximum Gasteiger partial charge on any atom is 0.191 e. The fourth-order valence-corrected chi connectivity index (χ4v) is 3.88. The van der Waals surface area contributed by atoms with Gasteiger partial charge in [-0.05, 0) is 35.8 Å². The number of benzene rings is 1. The second-order valence-electron chi connectivity index (χ2n) is 9.15. The molecule has 1 aromatic rings. The van der Waals surface area contributed by atoms with E-state index in [1.807, 2.05) is 24.3 Å². The molecule has 0 aliphatic carbocycles. The molecular formula is C24H40O3Si. The van der Waals surface area contributed by atoms with Gasteiger partial charge >= 0.3 is 0 Å². The fraction of sp³-hybridized carbons (Fsp3) is 0.583. The van der Waals surface area contributed by atoms with Gasteiger partial charge in [-0.3, -0.25) is 0 Å². The van der Waals surface area contributed by atoms with E-state index in [4.69, 9.17) is 13.9 Å². The molecule has 0 saturated heterocycles. The van der Waals surface area contributed by atoms with Crippen molar-refractivity contribution in [2.24, 2.45) is 11.8 Å². The third-order valence-corrected chi connectivity index (χ3v) is 10.2. The predicted octanol–water partition coefficient (Wildman–Crippen LogP) is 6.62. The minimum Gasteiger partial charge on any atom is -0.497 e. The highest BCUT2D eigenvalue weighted by atomic mass is 28.4. The Labute approximate surface area is 173 Å². The third kappa shape index (κ3) is 7.57. The normalized spacial score (nSPS) is 16.0. The quantitative estimate of drug-likeness (QED) is 0.306. The summed E-state index contributed by atoms with van der Waals surface area (Å²) in [6.45, 7) is 20.9. The monoisotopic (exact) mass is 404 g/mol. The molecule has 0 aliphatic heterocycles. The van der Waals surface area contributed by atoms with E-state index in [1.54, 1.807) is 7.11 Å². The second-order valence-corrected chi connectivity index (χ2v) is 14.0. The first-order valence-electron chi connectivity index (χ1n) is 10.2. The molecule has 0 aromatic heterocycles. The average Bonchev–Trinajstić information content (AvgIpc) is 2.64. The lowest BCUT2D eigenvalue weighted by Crippen LogP contribution is -2.43. The Morgan fingerprint density at radius 2 is 1.71 bits per heavy atom. The van der Waals surface area contributed by atoms with Crippen LogP contribution in [0.25, 0.3) is 0 Å². The molecule has 0 saturated carbocycles. The molecule has 0 heterocycles. The molecule has 0 bridgehead atoms. The largest absolute Gasteiger partial charge is 0.497 e. The topological polar surface area (TPSA) is 27.7 Å². The van der Waals surface area contributed by atoms with Crippen molar-refractivity contribution < 1.29 is 13.9 Å². The van der Waals surface area contributed by atoms with Crippen LogP contribution >= 0.6 is 0 Å². The van der Waals surface area contributed by atoms with Crippen LogP contribution in [0.15, 0.2) is 49.1 Å². The van der Waals surface area contributed by atoms with Gasteiger partial charge in [0.2, 0.25) is 0 Å². The number of methoxy groups -OCH3 is 1. The molecule has 0 fully saturated rings. The van der Waals surface area contributed by atoms with E-state index >= 15 is 0 Å². The van der Waals surface area contributed by atoms with Gasteiger partial charge in [-0.2, -0.15) is 0 Å². The Balaban J connectivity index is 2.82. The van der Waals surface area contributed by atoms with Gasteiger partial charge in [0.25, 0.3) is 0 Å². The van der Waals surface area contributed by atoms with Gasteiger partial charge in [-0.1, -0.05) is 71.6 Å². The average molecular weight is 405 g/mol. The first-order valence-corrected chi connectivity index (χ1v) is 13.1. The van der Waals surface area contributed by atoms with Crippen LogP contribution in [0, 0.1) is 11.8 Å². The highest BCUT2D eigenvalue weighted by Crippen LogP contribution is 2.37. The molecule has 0 radical (unpaired) electrons. The van der Waals surface area contributed by atoms with Crippen LogP contribution in [0.1, 0.15) is 40.2 Å². The predicted molar refractivity (Wildman–Crippen MR) is 122 cm³/mol. The number of allylic oxidation sites excluding steroid dienone is 2. The van der Waals surface area contributed by atoms with Crippen molar-refractivity contribution in [2.75, 3.05) is 13.7 Å². The zero-order chi connectivity index (χ0) is 21.4. The van der Waals surface area contributed by atoms with E-state index in [2.05, 4.69) is 72.5 Å². The van der Waals surface area contributed by atoms with Gasteiger partial charge in [-0.25, -0.2) is 0 Å². The minimum absolute atomic E-state index is 0.0723. The first-order chi connectivity index (χ1) is 13.0. The van der Waals surface area contributed by atoms with Crippen molar-refractivity contribution in [3.8, 4) is 5.75 Å². The number of hydrogen-bond acceptors (Lipinski definition) is 3. The zero-order valence-corrected chi connectivity index (χ0v) is 20.1. The van der Waals surface area contributed by atoms with Crippen LogP contribution in [-0.4, -0.2) is 28.1 Å². The van der Waals surface area contributed by atoms with Gasteiger partial charge in [-0.15, -0.1) is 0 Å². The zero-order valence-electron chi connectivity index (χ0n) is 19.1. The number of rotatable bonds is 11. The standard InChI is InChI=1S/C24H40O3Si/c1-10-11-12-19(2)23(20(3)17-27-28(8,9)24(4,5)6)26-18-21-13-15-22(25-7)16-14-21/h10-16,19-20,23H,1,17-18H2,2-9H3/t19-,20-,23-/m0/s1. The molecular weight excluding hydrogens is 364 g/mol. The van der Waals surface area contributed by atoms with Crippen LogP contribution < -0.4 is 4.74 Å². The highest BCUT2D eigenvalue weighted by molar-refractivity contribution is 6.74. The van der Waals surface area contributed by atoms with E-state index in [0.717, 1.165) is 17.9 Å². The van der Waals surface area contributed by atoms with Crippen LogP contribution in [0.3, 0.4) is 0 Å². The van der Waals surface area contributed by atoms with E-state index in [1.165, 1.54) is 0 Å². The Bertz CT molecular complexity index is 614. The maximum absolute atomic E-state index is 6.47. The molecule has 0 spiro atoms. The molecule has 0 unspecified atom stereocenters. The molecule has 3 nitrogen and oxygen atoms in total. The summed E-state index contributed by atoms with van der Waals surface area (Å²) in [5.74, 6) is 1.42. The summed E-state index contributed by atoms with van der Waals surface area (Å²) in [5, 5.41) is 0.209. The lowest BCUT2D eigenvalue weighted by Gasteiger charge is -2.38. The fourth-order valence-electron chi connectivity index (χ4n) is 2.76. The Morgan fingerprint density at radius 1 is 1.11 bits per heavy atom. The summed E-state index contributed by atoms with van der Waals surface area (Å²) in [7, 11) is -0.0950. The summed E-state index contributed by atoms with van der Waals surface area (Å²) >= 11 is 0. The molecule has 1 rings (SSSR count). The molecule has 28 heavy (non-hydrogen) atoms. The first kappa shape index (κ1) is 24.7. The summed E-state index contributed by atoms with van der Waals surface area (Å²) in [6, 6.07) is 8.05. The van der Waals surface area contributed by atoms with Crippen LogP contribution in [-0.2, 0) is 15.8 Å². The second kappa shape index (κ2) is 11.0. The highest BCUT2D eigenvalue weighted by Gasteiger charge is 2.38. The molecule has 4 heteroatoms. The lowest BCUT2D eigenvalue weighted by atomic mass is 9.93. The van der Waals surface area contributed by atoms with Gasteiger partial charge < -0.3 is 13.9 Å². The van der Waals surface area contributed by atoms with Gasteiger partial charge in [0.1, 0.15) is 5.75 Å². The van der Waals surface area contributed by atoms with Crippen molar-refractivity contribution in [1.29, 1.82) is 0 Å². The summed E-state index contributed by atoms with van der Waals surface area (Å²) < 4.78 is 18.1. The van der Waals surface area contributed by atoms with Crippen molar-refractivity contribution in [3.63, 3.8) is 0 Å². The third-order valence-electron chi connectivity index (χ3n) is 5.74. The lowest BCUT2D eigenvalue weighted by molar-refractivity contribution is -0.0293. The maximum atomic E-state index is 6.47. The summed E-state index contributed by atoms with van der Waals surface area (Å²) in [6.07, 6.45) is 6.04. The summed E-state index contributed by atoms with van der Waals surface area (Å²) in [5.41, 5.74) is 1.14. The van der Waals surface area contributed by atoms with Crippen molar-refractivity contribution in [3.05, 3.63) is 54.6 Å². The van der Waals surface area contributed by atoms with Crippen molar-refractivity contribution in [1.82, 2.24) is 0 Å².